The number of carbonyl (C=O) groups excluding carboxylic acids is 3. The van der Waals surface area contributed by atoms with Gasteiger partial charge in [0.25, 0.3) is 0 Å². The summed E-state index contributed by atoms with van der Waals surface area (Å²) in [6.45, 7) is 2.76. The van der Waals surface area contributed by atoms with Gasteiger partial charge in [-0.1, -0.05) is 25.1 Å². The first-order valence-electron chi connectivity index (χ1n) is 10.6. The summed E-state index contributed by atoms with van der Waals surface area (Å²) >= 11 is 0. The van der Waals surface area contributed by atoms with Gasteiger partial charge < -0.3 is 36.0 Å². The number of nitrogens with two attached hydrogens (primary N) is 1. The Hall–Kier alpha value is -2.12. The molecule has 4 atom stereocenters. The van der Waals surface area contributed by atoms with Crippen molar-refractivity contribution >= 4 is 28.7 Å². The first kappa shape index (κ1) is 30.9. The smallest absolute Gasteiger partial charge is 0.542 e. The van der Waals surface area contributed by atoms with E-state index in [0.29, 0.717) is 6.42 Å². The zero-order valence-electron chi connectivity index (χ0n) is 19.8. The van der Waals surface area contributed by atoms with Crippen LogP contribution in [0.5, 0.6) is 0 Å². The number of hydrogen-bond acceptors (Lipinski definition) is 6. The van der Waals surface area contributed by atoms with Gasteiger partial charge in [0.05, 0.1) is 12.0 Å². The standard InChI is InChI=1S/C20H28N4O3.C2HF3O2.Na/c1-12(18(27-2)16-8-5-9-22-16)20(26)24-17(19(21)25)10-13-11-23-15-7-4-3-6-14(13)15;3-2(4,5)1(6)7;/h3-4,6-7,11-12,16-18,22-23H,5,8-10H2,1-2H3,(H2,21,25)(H,24,26);(H,6,7);/q;;+1/p-1/t12-,16+,17+,18-;;/m1../s1. The number of carboxylic acid groups (broad SMARTS) is 1. The molecule has 0 aliphatic carbocycles. The normalized spacial score (nSPS) is 17.9. The van der Waals surface area contributed by atoms with Crippen LogP contribution in [0.3, 0.4) is 0 Å². The maximum atomic E-state index is 12.8. The third-order valence-electron chi connectivity index (χ3n) is 5.66. The molecular formula is C22H28F3N4NaO5. The van der Waals surface area contributed by atoms with E-state index < -0.39 is 30.0 Å². The van der Waals surface area contributed by atoms with Crippen molar-refractivity contribution in [1.82, 2.24) is 15.6 Å². The number of primary amides is 1. The number of fused-ring (bicyclic) bond motifs is 1. The van der Waals surface area contributed by atoms with Gasteiger partial charge in [0.1, 0.15) is 12.0 Å². The molecule has 1 saturated heterocycles. The van der Waals surface area contributed by atoms with Crippen LogP contribution in [0.4, 0.5) is 13.2 Å². The quantitative estimate of drug-likeness (QED) is 0.287. The number of aliphatic carboxylic acids is 1. The summed E-state index contributed by atoms with van der Waals surface area (Å²) in [5.41, 5.74) is 7.50. The molecule has 0 radical (unpaired) electrons. The van der Waals surface area contributed by atoms with E-state index in [4.69, 9.17) is 20.4 Å². The number of aromatic nitrogens is 1. The Balaban J connectivity index is 0.000000672. The molecule has 1 aromatic carbocycles. The molecule has 13 heteroatoms. The number of ether oxygens (including phenoxy) is 1. The van der Waals surface area contributed by atoms with E-state index in [-0.39, 0.29) is 47.6 Å². The summed E-state index contributed by atoms with van der Waals surface area (Å²) < 4.78 is 37.1. The van der Waals surface area contributed by atoms with Gasteiger partial charge in [0.2, 0.25) is 11.8 Å². The van der Waals surface area contributed by atoms with E-state index in [1.807, 2.05) is 37.4 Å². The third kappa shape index (κ3) is 8.80. The Labute approximate surface area is 222 Å². The van der Waals surface area contributed by atoms with Gasteiger partial charge in [-0.15, -0.1) is 0 Å². The van der Waals surface area contributed by atoms with E-state index in [2.05, 4.69) is 15.6 Å². The molecule has 0 spiro atoms. The molecule has 2 heterocycles. The third-order valence-corrected chi connectivity index (χ3v) is 5.66. The van der Waals surface area contributed by atoms with Crippen molar-refractivity contribution in [3.8, 4) is 0 Å². The molecular weight excluding hydrogens is 480 g/mol. The van der Waals surface area contributed by atoms with E-state index >= 15 is 0 Å². The van der Waals surface area contributed by atoms with Crippen molar-refractivity contribution in [3.05, 3.63) is 36.0 Å². The van der Waals surface area contributed by atoms with Gasteiger partial charge in [-0.05, 0) is 31.0 Å². The van der Waals surface area contributed by atoms with E-state index in [1.165, 1.54) is 0 Å². The number of rotatable bonds is 8. The van der Waals surface area contributed by atoms with Gasteiger partial charge in [-0.3, -0.25) is 9.59 Å². The topological polar surface area (TPSA) is 149 Å². The fraction of sp³-hybridized carbons (Fsp3) is 0.500. The van der Waals surface area contributed by atoms with Crippen LogP contribution in [-0.2, 0) is 25.5 Å². The average Bonchev–Trinajstić information content (AvgIpc) is 3.44. The first-order chi connectivity index (χ1) is 16.0. The largest absolute Gasteiger partial charge is 1.00 e. The van der Waals surface area contributed by atoms with Crippen LogP contribution in [0.25, 0.3) is 10.9 Å². The van der Waals surface area contributed by atoms with Crippen LogP contribution >= 0.6 is 0 Å². The van der Waals surface area contributed by atoms with Gasteiger partial charge in [-0.2, -0.15) is 13.2 Å². The minimum atomic E-state index is -5.19. The molecule has 35 heavy (non-hydrogen) atoms. The molecule has 2 aromatic rings. The number of aromatic amines is 1. The molecule has 9 nitrogen and oxygen atoms in total. The molecule has 1 aliphatic rings. The second-order valence-corrected chi connectivity index (χ2v) is 8.00. The summed E-state index contributed by atoms with van der Waals surface area (Å²) in [5.74, 6) is -4.17. The van der Waals surface area contributed by atoms with Crippen LogP contribution in [0.2, 0.25) is 0 Å². The predicted octanol–water partition coefficient (Wildman–Crippen LogP) is -2.61. The molecule has 1 aliphatic heterocycles. The van der Waals surface area contributed by atoms with Gasteiger partial charge >= 0.3 is 35.7 Å². The van der Waals surface area contributed by atoms with E-state index in [0.717, 1.165) is 35.9 Å². The zero-order valence-corrected chi connectivity index (χ0v) is 21.8. The number of methoxy groups -OCH3 is 1. The average molecular weight is 508 g/mol. The molecule has 1 aromatic heterocycles. The molecule has 1 fully saturated rings. The number of carbonyl (C=O) groups is 3. The molecule has 188 valence electrons. The van der Waals surface area contributed by atoms with Crippen molar-refractivity contribution < 1.29 is 67.0 Å². The molecule has 0 bridgehead atoms. The fourth-order valence-corrected chi connectivity index (χ4v) is 3.90. The number of hydrogen-bond donors (Lipinski definition) is 4. The number of para-hydroxylation sites is 1. The SMILES string of the molecule is CO[C@@H]([C@@H]1CCCN1)[C@@H](C)C(=O)N[C@@H](Cc1c[nH]c2ccccc12)C(N)=O.O=C([O-])C(F)(F)F.[Na+]. The van der Waals surface area contributed by atoms with Crippen molar-refractivity contribution in [2.75, 3.05) is 13.7 Å². The minimum absolute atomic E-state index is 0. The van der Waals surface area contributed by atoms with Gasteiger partial charge in [0, 0.05) is 36.7 Å². The summed E-state index contributed by atoms with van der Waals surface area (Å²) in [5, 5.41) is 16.0. The van der Waals surface area contributed by atoms with Crippen LogP contribution in [0.15, 0.2) is 30.5 Å². The molecule has 0 unspecified atom stereocenters. The van der Waals surface area contributed by atoms with Crippen LogP contribution < -0.4 is 51.0 Å². The summed E-state index contributed by atoms with van der Waals surface area (Å²) in [4.78, 5) is 36.7. The zero-order chi connectivity index (χ0) is 25.5. The van der Waals surface area contributed by atoms with Gasteiger partial charge in [0.15, 0.2) is 0 Å². The predicted molar refractivity (Wildman–Crippen MR) is 115 cm³/mol. The van der Waals surface area contributed by atoms with E-state index in [1.54, 1.807) is 7.11 Å². The Morgan fingerprint density at radius 1 is 1.29 bits per heavy atom. The number of H-pyrrole nitrogens is 1. The van der Waals surface area contributed by atoms with Crippen molar-refractivity contribution in [3.63, 3.8) is 0 Å². The number of nitrogens with one attached hydrogen (secondary N) is 3. The number of benzene rings is 1. The summed E-state index contributed by atoms with van der Waals surface area (Å²) in [6.07, 6.45) is -1.18. The number of alkyl halides is 3. The molecule has 2 amide bonds. The van der Waals surface area contributed by atoms with Crippen molar-refractivity contribution in [1.29, 1.82) is 0 Å². The number of carboxylic acids is 1. The first-order valence-corrected chi connectivity index (χ1v) is 10.6. The van der Waals surface area contributed by atoms with Crippen LogP contribution in [0, 0.1) is 5.92 Å². The number of amides is 2. The monoisotopic (exact) mass is 508 g/mol. The summed E-state index contributed by atoms with van der Waals surface area (Å²) in [6, 6.07) is 7.22. The molecule has 0 saturated carbocycles. The second kappa shape index (κ2) is 13.8. The minimum Gasteiger partial charge on any atom is -0.542 e. The maximum absolute atomic E-state index is 12.8. The number of halogens is 3. The Kier molecular flexibility index (Phi) is 12.2. The van der Waals surface area contributed by atoms with Crippen molar-refractivity contribution in [2.24, 2.45) is 11.7 Å². The van der Waals surface area contributed by atoms with Crippen LogP contribution in [0.1, 0.15) is 25.3 Å². The maximum Gasteiger partial charge on any atom is 1.00 e. The Morgan fingerprint density at radius 2 is 1.91 bits per heavy atom. The Morgan fingerprint density at radius 3 is 2.43 bits per heavy atom. The van der Waals surface area contributed by atoms with E-state index in [9.17, 15) is 22.8 Å². The van der Waals surface area contributed by atoms with Crippen molar-refractivity contribution in [2.45, 2.75) is 50.6 Å². The molecule has 3 rings (SSSR count). The van der Waals surface area contributed by atoms with Crippen LogP contribution in [-0.4, -0.2) is 60.8 Å². The Bertz CT molecular complexity index is 995. The summed E-state index contributed by atoms with van der Waals surface area (Å²) in [7, 11) is 1.62. The second-order valence-electron chi connectivity index (χ2n) is 8.00. The fourth-order valence-electron chi connectivity index (χ4n) is 3.90. The molecule has 5 N–H and O–H groups in total. The van der Waals surface area contributed by atoms with Gasteiger partial charge in [-0.25, -0.2) is 0 Å².